The molecule has 0 amide bonds. The van der Waals surface area contributed by atoms with E-state index >= 15 is 0 Å². The molecule has 0 bridgehead atoms. The number of rotatable bonds is 1. The Labute approximate surface area is 101 Å². The van der Waals surface area contributed by atoms with E-state index in [1.54, 1.807) is 12.1 Å². The normalized spacial score (nSPS) is 10.4. The molecule has 1 aromatic carbocycles. The molecule has 1 aromatic rings. The summed E-state index contributed by atoms with van der Waals surface area (Å²) >= 11 is 1.07. The average Bonchev–Trinajstić information content (AvgIpc) is 2.04. The van der Waals surface area contributed by atoms with Crippen molar-refractivity contribution in [3.8, 4) is 0 Å². The van der Waals surface area contributed by atoms with Gasteiger partial charge in [-0.25, -0.2) is 0 Å². The standard InChI is InChI=1S/C7H8O3S.C2H5.Hg/c1-6-2-4-7(5-3-6)11(8,9)10;1-2;/h2-5H,1H3,(H,8,9,10);1H2,2H3;. The van der Waals surface area contributed by atoms with Gasteiger partial charge in [-0.05, 0) is 19.1 Å². The Morgan fingerprint density at radius 1 is 1.29 bits per heavy atom. The Hall–Kier alpha value is 0.0651. The summed E-state index contributed by atoms with van der Waals surface area (Å²) in [6.45, 7) is 4.05. The summed E-state index contributed by atoms with van der Waals surface area (Å²) < 4.78 is 31.0. The van der Waals surface area contributed by atoms with Crippen LogP contribution in [-0.4, -0.2) is 13.0 Å². The van der Waals surface area contributed by atoms with E-state index in [0.717, 1.165) is 31.7 Å². The van der Waals surface area contributed by atoms with Gasteiger partial charge in [-0.2, -0.15) is 8.42 Å². The molecule has 75 valence electrons. The molecule has 0 aliphatic rings. The zero-order valence-electron chi connectivity index (χ0n) is 8.40. The topological polar surface area (TPSA) is 54.4 Å². The average molecular weight is 402 g/mol. The third-order valence-corrected chi connectivity index (χ3v) is 2.19. The summed E-state index contributed by atoms with van der Waals surface area (Å²) in [5.41, 5.74) is 0.956. The maximum atomic E-state index is 10.5. The van der Waals surface area contributed by atoms with Gasteiger partial charge in [-0.1, -0.05) is 17.7 Å². The predicted molar refractivity (Wildman–Crippen MR) is 51.5 cm³/mol. The van der Waals surface area contributed by atoms with Gasteiger partial charge in [0.2, 0.25) is 0 Å². The van der Waals surface area contributed by atoms with Gasteiger partial charge >= 0.3 is 37.0 Å². The molecule has 0 aliphatic carbocycles. The van der Waals surface area contributed by atoms with Crippen molar-refractivity contribution in [2.75, 3.05) is 0 Å². The van der Waals surface area contributed by atoms with Crippen LogP contribution in [-0.2, 0) is 36.2 Å². The molecule has 1 N–H and O–H groups in total. The molecule has 0 heterocycles. The first kappa shape index (κ1) is 14.1. The van der Waals surface area contributed by atoms with Crippen LogP contribution in [0, 0.1) is 6.92 Å². The number of aryl methyl sites for hydroxylation is 1. The quantitative estimate of drug-likeness (QED) is 0.580. The van der Waals surface area contributed by atoms with Gasteiger partial charge in [0.25, 0.3) is 10.1 Å². The van der Waals surface area contributed by atoms with E-state index in [1.165, 1.54) is 16.1 Å². The van der Waals surface area contributed by atoms with Crippen LogP contribution < -0.4 is 0 Å². The number of hydrogen-bond acceptors (Lipinski definition) is 2. The molecule has 14 heavy (non-hydrogen) atoms. The molecular formula is C9H13HgO3S. The third kappa shape index (κ3) is 5.72. The molecule has 0 radical (unpaired) electrons. The molecule has 0 unspecified atom stereocenters. The largest absolute Gasteiger partial charge is 0.294 e. The minimum absolute atomic E-state index is 0.0666. The van der Waals surface area contributed by atoms with Gasteiger partial charge in [-0.15, -0.1) is 0 Å². The maximum Gasteiger partial charge on any atom is 0.294 e. The fraction of sp³-hybridized carbons (Fsp3) is 0.333. The van der Waals surface area contributed by atoms with Crippen molar-refractivity contribution < 1.29 is 39.1 Å². The summed E-state index contributed by atoms with van der Waals surface area (Å²) in [4.78, 5) is -0.0666. The van der Waals surface area contributed by atoms with Crippen molar-refractivity contribution in [3.05, 3.63) is 29.8 Å². The summed E-state index contributed by atoms with van der Waals surface area (Å²) in [6.07, 6.45) is 0. The second-order valence-corrected chi connectivity index (χ2v) is 8.10. The SMILES string of the molecule is C[CH2][Hg].Cc1ccc(S(=O)(=O)O)cc1. The minimum atomic E-state index is -4.02. The number of benzene rings is 1. The molecule has 5 heteroatoms. The molecule has 0 aromatic heterocycles. The van der Waals surface area contributed by atoms with Crippen molar-refractivity contribution in [2.45, 2.75) is 22.7 Å². The first-order valence-corrected chi connectivity index (χ1v) is 9.58. The van der Waals surface area contributed by atoms with Gasteiger partial charge in [0.15, 0.2) is 0 Å². The van der Waals surface area contributed by atoms with Crippen LogP contribution in [0.1, 0.15) is 12.5 Å². The van der Waals surface area contributed by atoms with E-state index < -0.39 is 10.1 Å². The fourth-order valence-corrected chi connectivity index (χ4v) is 1.19. The van der Waals surface area contributed by atoms with Crippen molar-refractivity contribution in [1.82, 2.24) is 0 Å². The second-order valence-electron chi connectivity index (χ2n) is 2.79. The molecule has 0 atom stereocenters. The van der Waals surface area contributed by atoms with Crippen molar-refractivity contribution in [1.29, 1.82) is 0 Å². The predicted octanol–water partition coefficient (Wildman–Crippen LogP) is 2.21. The monoisotopic (exact) mass is 403 g/mol. The zero-order chi connectivity index (χ0) is 11.2. The second kappa shape index (κ2) is 6.53. The molecule has 0 spiro atoms. The minimum Gasteiger partial charge on any atom is -0.282 e. The summed E-state index contributed by atoms with van der Waals surface area (Å²) in [5.74, 6) is 0. The molecule has 0 saturated heterocycles. The summed E-state index contributed by atoms with van der Waals surface area (Å²) in [7, 11) is -4.02. The molecule has 3 nitrogen and oxygen atoms in total. The Morgan fingerprint density at radius 2 is 1.64 bits per heavy atom. The van der Waals surface area contributed by atoms with Crippen LogP contribution in [0.15, 0.2) is 29.2 Å². The Balaban J connectivity index is 0.000000500. The fourth-order valence-electron chi connectivity index (χ4n) is 0.710. The maximum absolute atomic E-state index is 10.5. The first-order chi connectivity index (χ1) is 6.41. The van der Waals surface area contributed by atoms with E-state index in [1.807, 2.05) is 6.92 Å². The van der Waals surface area contributed by atoms with E-state index in [0.29, 0.717) is 0 Å². The van der Waals surface area contributed by atoms with Crippen LogP contribution in [0.5, 0.6) is 0 Å². The smallest absolute Gasteiger partial charge is 0.282 e. The van der Waals surface area contributed by atoms with Crippen LogP contribution >= 0.6 is 0 Å². The van der Waals surface area contributed by atoms with Gasteiger partial charge in [0, 0.05) is 0 Å². The van der Waals surface area contributed by atoms with Crippen LogP contribution in [0.25, 0.3) is 0 Å². The van der Waals surface area contributed by atoms with Crippen molar-refractivity contribution >= 4 is 10.1 Å². The molecule has 0 aliphatic heterocycles. The van der Waals surface area contributed by atoms with E-state index in [2.05, 4.69) is 6.92 Å². The molecule has 0 fully saturated rings. The van der Waals surface area contributed by atoms with Crippen molar-refractivity contribution in [2.24, 2.45) is 0 Å². The van der Waals surface area contributed by atoms with Gasteiger partial charge in [0.1, 0.15) is 0 Å². The van der Waals surface area contributed by atoms with Gasteiger partial charge in [0.05, 0.1) is 4.90 Å². The molecule has 1 rings (SSSR count). The Bertz CT molecular complexity index is 356. The number of hydrogen-bond donors (Lipinski definition) is 1. The first-order valence-electron chi connectivity index (χ1n) is 4.25. The summed E-state index contributed by atoms with van der Waals surface area (Å²) in [5, 5.41) is 0. The third-order valence-electron chi connectivity index (χ3n) is 1.32. The van der Waals surface area contributed by atoms with Gasteiger partial charge < -0.3 is 0 Å². The van der Waals surface area contributed by atoms with Crippen molar-refractivity contribution in [3.63, 3.8) is 0 Å². The van der Waals surface area contributed by atoms with E-state index in [9.17, 15) is 8.42 Å². The van der Waals surface area contributed by atoms with Gasteiger partial charge in [-0.3, -0.25) is 4.55 Å². The van der Waals surface area contributed by atoms with Crippen LogP contribution in [0.2, 0.25) is 3.93 Å². The Morgan fingerprint density at radius 3 is 1.93 bits per heavy atom. The zero-order valence-corrected chi connectivity index (χ0v) is 14.7. The van der Waals surface area contributed by atoms with E-state index in [-0.39, 0.29) is 4.90 Å². The van der Waals surface area contributed by atoms with Crippen LogP contribution in [0.4, 0.5) is 0 Å². The Kier molecular flexibility index (Phi) is 6.56. The molecule has 0 saturated carbocycles. The summed E-state index contributed by atoms with van der Waals surface area (Å²) in [6, 6.07) is 5.99. The van der Waals surface area contributed by atoms with Crippen LogP contribution in [0.3, 0.4) is 0 Å². The van der Waals surface area contributed by atoms with E-state index in [4.69, 9.17) is 4.55 Å². The molecular weight excluding hydrogens is 389 g/mol.